The molecule has 1 fully saturated rings. The molecule has 0 aliphatic carbocycles. The van der Waals surface area contributed by atoms with Crippen LogP contribution in [0, 0.1) is 0 Å². The number of hydrogen-bond donors (Lipinski definition) is 2. The van der Waals surface area contributed by atoms with Gasteiger partial charge in [-0.25, -0.2) is 4.68 Å². The van der Waals surface area contributed by atoms with Crippen molar-refractivity contribution in [3.63, 3.8) is 0 Å². The van der Waals surface area contributed by atoms with Crippen LogP contribution < -0.4 is 15.5 Å². The number of aromatic nitrogens is 3. The van der Waals surface area contributed by atoms with Crippen molar-refractivity contribution >= 4 is 17.7 Å². The van der Waals surface area contributed by atoms with Crippen molar-refractivity contribution in [1.29, 1.82) is 0 Å². The van der Waals surface area contributed by atoms with Crippen LogP contribution in [-0.2, 0) is 9.53 Å². The summed E-state index contributed by atoms with van der Waals surface area (Å²) >= 11 is 1.42. The molecule has 1 saturated heterocycles. The Balaban J connectivity index is 1.44. The van der Waals surface area contributed by atoms with Gasteiger partial charge in [-0.05, 0) is 30.5 Å². The molecule has 0 bridgehead atoms. The van der Waals surface area contributed by atoms with Gasteiger partial charge >= 0.3 is 0 Å². The first kappa shape index (κ1) is 20.8. The monoisotopic (exact) mass is 451 g/mol. The first-order valence-corrected chi connectivity index (χ1v) is 11.6. The summed E-state index contributed by atoms with van der Waals surface area (Å²) in [6.07, 6.45) is 2.11. The Kier molecular flexibility index (Phi) is 6.00. The number of rotatable bonds is 6. The SMILES string of the molecule is COc1ccc(C2Nn3c(nnc3-c3ccccc3)SC2C(=O)NCC2CCCO2)cc1. The molecule has 8 nitrogen and oxygen atoms in total. The van der Waals surface area contributed by atoms with E-state index in [1.165, 1.54) is 11.8 Å². The number of methoxy groups -OCH3 is 1. The molecule has 2 aromatic carbocycles. The molecule has 0 spiro atoms. The van der Waals surface area contributed by atoms with E-state index in [0.29, 0.717) is 17.5 Å². The molecule has 1 amide bonds. The quantitative estimate of drug-likeness (QED) is 0.595. The number of hydrogen-bond acceptors (Lipinski definition) is 7. The lowest BCUT2D eigenvalue weighted by Crippen LogP contribution is -2.45. The third-order valence-electron chi connectivity index (χ3n) is 5.73. The molecule has 3 atom stereocenters. The number of benzene rings is 2. The van der Waals surface area contributed by atoms with Gasteiger partial charge in [-0.2, -0.15) is 0 Å². The second-order valence-corrected chi connectivity index (χ2v) is 8.91. The Labute approximate surface area is 190 Å². The van der Waals surface area contributed by atoms with Crippen molar-refractivity contribution in [3.05, 3.63) is 60.2 Å². The summed E-state index contributed by atoms with van der Waals surface area (Å²) in [5.74, 6) is 1.44. The molecule has 9 heteroatoms. The van der Waals surface area contributed by atoms with E-state index >= 15 is 0 Å². The molecule has 2 aliphatic rings. The maximum atomic E-state index is 13.2. The van der Waals surface area contributed by atoms with Gasteiger partial charge in [0.2, 0.25) is 11.1 Å². The highest BCUT2D eigenvalue weighted by atomic mass is 32.2. The van der Waals surface area contributed by atoms with Gasteiger partial charge < -0.3 is 20.2 Å². The van der Waals surface area contributed by atoms with Crippen LogP contribution in [0.3, 0.4) is 0 Å². The number of fused-ring (bicyclic) bond motifs is 1. The average Bonchev–Trinajstić information content (AvgIpc) is 3.52. The van der Waals surface area contributed by atoms with Crippen LogP contribution in [0.1, 0.15) is 24.4 Å². The van der Waals surface area contributed by atoms with Gasteiger partial charge in [-0.15, -0.1) is 10.2 Å². The third-order valence-corrected chi connectivity index (χ3v) is 6.95. The third kappa shape index (κ3) is 4.18. The highest BCUT2D eigenvalue weighted by molar-refractivity contribution is 8.00. The van der Waals surface area contributed by atoms with Gasteiger partial charge in [0.15, 0.2) is 5.82 Å². The van der Waals surface area contributed by atoms with E-state index in [0.717, 1.165) is 36.3 Å². The molecular formula is C23H25N5O3S. The lowest BCUT2D eigenvalue weighted by molar-refractivity contribution is -0.121. The van der Waals surface area contributed by atoms with E-state index in [-0.39, 0.29) is 18.1 Å². The lowest BCUT2D eigenvalue weighted by Gasteiger charge is -2.33. The number of amides is 1. The minimum Gasteiger partial charge on any atom is -0.497 e. The van der Waals surface area contributed by atoms with Gasteiger partial charge in [-0.1, -0.05) is 54.2 Å². The number of ether oxygens (including phenoxy) is 2. The lowest BCUT2D eigenvalue weighted by atomic mass is 10.0. The number of nitrogens with zero attached hydrogens (tertiary/aromatic N) is 3. The Morgan fingerprint density at radius 1 is 1.22 bits per heavy atom. The number of thioether (sulfide) groups is 1. The van der Waals surface area contributed by atoms with Crippen LogP contribution in [-0.4, -0.2) is 52.4 Å². The highest BCUT2D eigenvalue weighted by Crippen LogP contribution is 2.38. The van der Waals surface area contributed by atoms with Gasteiger partial charge in [0.1, 0.15) is 11.0 Å². The van der Waals surface area contributed by atoms with E-state index in [2.05, 4.69) is 20.9 Å². The topological polar surface area (TPSA) is 90.3 Å². The smallest absolute Gasteiger partial charge is 0.236 e. The molecule has 0 radical (unpaired) electrons. The average molecular weight is 452 g/mol. The molecule has 5 rings (SSSR count). The fourth-order valence-corrected chi connectivity index (χ4v) is 5.12. The normalized spacial score (nSPS) is 22.1. The van der Waals surface area contributed by atoms with Crippen LogP contribution >= 0.6 is 11.8 Å². The van der Waals surface area contributed by atoms with Gasteiger partial charge in [-0.3, -0.25) is 4.79 Å². The first-order valence-electron chi connectivity index (χ1n) is 10.7. The molecule has 32 heavy (non-hydrogen) atoms. The molecule has 3 heterocycles. The van der Waals surface area contributed by atoms with Crippen LogP contribution in [0.2, 0.25) is 0 Å². The van der Waals surface area contributed by atoms with Crippen LogP contribution in [0.25, 0.3) is 11.4 Å². The maximum absolute atomic E-state index is 13.2. The summed E-state index contributed by atoms with van der Waals surface area (Å²) in [6, 6.07) is 17.4. The zero-order chi connectivity index (χ0) is 21.9. The van der Waals surface area contributed by atoms with E-state index < -0.39 is 5.25 Å². The highest BCUT2D eigenvalue weighted by Gasteiger charge is 2.38. The second-order valence-electron chi connectivity index (χ2n) is 7.81. The molecule has 3 aromatic rings. The van der Waals surface area contributed by atoms with Crippen molar-refractivity contribution < 1.29 is 14.3 Å². The molecule has 2 N–H and O–H groups in total. The largest absolute Gasteiger partial charge is 0.497 e. The maximum Gasteiger partial charge on any atom is 0.236 e. The Bertz CT molecular complexity index is 1070. The Morgan fingerprint density at radius 3 is 2.75 bits per heavy atom. The number of nitrogens with one attached hydrogen (secondary N) is 2. The first-order chi connectivity index (χ1) is 15.7. The van der Waals surface area contributed by atoms with E-state index in [1.54, 1.807) is 7.11 Å². The van der Waals surface area contributed by atoms with E-state index in [9.17, 15) is 4.79 Å². The van der Waals surface area contributed by atoms with Gasteiger partial charge in [0.25, 0.3) is 0 Å². The minimum atomic E-state index is -0.412. The summed E-state index contributed by atoms with van der Waals surface area (Å²) < 4.78 is 12.8. The predicted octanol–water partition coefficient (Wildman–Crippen LogP) is 3.01. The zero-order valence-corrected chi connectivity index (χ0v) is 18.5. The fourth-order valence-electron chi connectivity index (χ4n) is 4.01. The van der Waals surface area contributed by atoms with Crippen LogP contribution in [0.4, 0.5) is 0 Å². The Hall–Kier alpha value is -3.04. The summed E-state index contributed by atoms with van der Waals surface area (Å²) in [6.45, 7) is 1.29. The van der Waals surface area contributed by atoms with Crippen LogP contribution in [0.5, 0.6) is 5.75 Å². The standard InChI is InChI=1S/C23H25N5O3S/c1-30-17-11-9-15(10-12-17)19-20(22(29)24-14-18-8-5-13-31-18)32-23-26-25-21(28(23)27-19)16-6-3-2-4-7-16/h2-4,6-7,9-12,18-20,27H,5,8,13-14H2,1H3,(H,24,29). The summed E-state index contributed by atoms with van der Waals surface area (Å²) in [4.78, 5) is 13.2. The summed E-state index contributed by atoms with van der Waals surface area (Å²) in [7, 11) is 1.64. The molecule has 3 unspecified atom stereocenters. The van der Waals surface area contributed by atoms with Gasteiger partial charge in [0, 0.05) is 18.7 Å². The predicted molar refractivity (Wildman–Crippen MR) is 122 cm³/mol. The second kappa shape index (κ2) is 9.22. The molecule has 166 valence electrons. The summed E-state index contributed by atoms with van der Waals surface area (Å²) in [5, 5.41) is 12.1. The van der Waals surface area contributed by atoms with Crippen LogP contribution in [0.15, 0.2) is 59.8 Å². The minimum absolute atomic E-state index is 0.0469. The van der Waals surface area contributed by atoms with E-state index in [1.807, 2.05) is 59.3 Å². The van der Waals surface area contributed by atoms with E-state index in [4.69, 9.17) is 9.47 Å². The Morgan fingerprint density at radius 2 is 2.03 bits per heavy atom. The van der Waals surface area contributed by atoms with Crippen molar-refractivity contribution in [2.24, 2.45) is 0 Å². The zero-order valence-electron chi connectivity index (χ0n) is 17.7. The van der Waals surface area contributed by atoms with Crippen molar-refractivity contribution in [2.45, 2.75) is 35.4 Å². The number of carbonyl (C=O) groups excluding carboxylic acids is 1. The molecule has 0 saturated carbocycles. The van der Waals surface area contributed by atoms with Crippen molar-refractivity contribution in [2.75, 3.05) is 25.7 Å². The van der Waals surface area contributed by atoms with Crippen molar-refractivity contribution in [1.82, 2.24) is 20.2 Å². The number of carbonyl (C=O) groups is 1. The fraction of sp³-hybridized carbons (Fsp3) is 0.348. The molecule has 1 aromatic heterocycles. The van der Waals surface area contributed by atoms with Gasteiger partial charge in [0.05, 0.1) is 19.3 Å². The van der Waals surface area contributed by atoms with Crippen molar-refractivity contribution in [3.8, 4) is 17.1 Å². The molecular weight excluding hydrogens is 426 g/mol. The summed E-state index contributed by atoms with van der Waals surface area (Å²) in [5.41, 5.74) is 5.43. The molecule has 2 aliphatic heterocycles.